The number of halogens is 1. The number of benzene rings is 2. The average Bonchev–Trinajstić information content (AvgIpc) is 3.11. The Balaban J connectivity index is 1.59. The second kappa shape index (κ2) is 6.77. The maximum absolute atomic E-state index is 6.32. The number of aliphatic imine (C=N–C) groups is 2. The van der Waals surface area contributed by atoms with E-state index in [1.165, 1.54) is 6.42 Å². The first-order valence-corrected chi connectivity index (χ1v) is 10.1. The van der Waals surface area contributed by atoms with Crippen LogP contribution in [0.5, 0.6) is 0 Å². The largest absolute Gasteiger partial charge is 0.436 e. The number of oxazole rings is 1. The molecule has 8 heteroatoms. The van der Waals surface area contributed by atoms with Crippen LogP contribution in [0.25, 0.3) is 22.6 Å². The zero-order chi connectivity index (χ0) is 20.0. The van der Waals surface area contributed by atoms with Gasteiger partial charge in [0.2, 0.25) is 17.8 Å². The molecule has 1 saturated carbocycles. The van der Waals surface area contributed by atoms with E-state index in [9.17, 15) is 0 Å². The summed E-state index contributed by atoms with van der Waals surface area (Å²) >= 11 is 6.30. The fraction of sp³-hybridized carbons (Fsp3) is 0.286. The molecule has 7 nitrogen and oxygen atoms in total. The monoisotopic (exact) mass is 408 g/mol. The first kappa shape index (κ1) is 18.0. The highest BCUT2D eigenvalue weighted by molar-refractivity contribution is 6.33. The van der Waals surface area contributed by atoms with Gasteiger partial charge in [-0.3, -0.25) is 4.90 Å². The number of anilines is 1. The van der Waals surface area contributed by atoms with Crippen LogP contribution in [0.1, 0.15) is 32.1 Å². The number of rotatable bonds is 2. The number of nitrogens with two attached hydrogens (primary N) is 2. The number of hydrogen-bond donors (Lipinski definition) is 2. The molecule has 0 bridgehead atoms. The van der Waals surface area contributed by atoms with Crippen molar-refractivity contribution in [3.8, 4) is 11.5 Å². The van der Waals surface area contributed by atoms with Crippen molar-refractivity contribution in [2.24, 2.45) is 21.5 Å². The maximum Gasteiger partial charge on any atom is 0.228 e. The molecule has 5 rings (SSSR count). The van der Waals surface area contributed by atoms with Crippen LogP contribution < -0.4 is 16.4 Å². The van der Waals surface area contributed by atoms with E-state index >= 15 is 0 Å². The van der Waals surface area contributed by atoms with E-state index in [1.807, 2.05) is 47.4 Å². The van der Waals surface area contributed by atoms with E-state index < -0.39 is 5.66 Å². The highest BCUT2D eigenvalue weighted by atomic mass is 35.5. The molecule has 29 heavy (non-hydrogen) atoms. The van der Waals surface area contributed by atoms with Gasteiger partial charge in [0.15, 0.2) is 5.58 Å². The normalized spacial score (nSPS) is 18.7. The molecule has 2 heterocycles. The summed E-state index contributed by atoms with van der Waals surface area (Å²) in [6, 6.07) is 13.3. The minimum atomic E-state index is -0.493. The van der Waals surface area contributed by atoms with Crippen LogP contribution in [0.3, 0.4) is 0 Å². The highest BCUT2D eigenvalue weighted by Crippen LogP contribution is 2.40. The maximum atomic E-state index is 6.32. The fourth-order valence-electron chi connectivity index (χ4n) is 4.30. The molecule has 148 valence electrons. The van der Waals surface area contributed by atoms with Gasteiger partial charge in [-0.1, -0.05) is 30.2 Å². The fourth-order valence-corrected chi connectivity index (χ4v) is 4.51. The Morgan fingerprint density at radius 3 is 2.62 bits per heavy atom. The van der Waals surface area contributed by atoms with Crippen LogP contribution in [0.15, 0.2) is 56.9 Å². The van der Waals surface area contributed by atoms with Crippen molar-refractivity contribution >= 4 is 40.3 Å². The minimum Gasteiger partial charge on any atom is -0.436 e. The van der Waals surface area contributed by atoms with Crippen LogP contribution in [0.2, 0.25) is 5.02 Å². The summed E-state index contributed by atoms with van der Waals surface area (Å²) in [4.78, 5) is 15.5. The summed E-state index contributed by atoms with van der Waals surface area (Å²) in [5, 5.41) is 0.595. The van der Waals surface area contributed by atoms with Gasteiger partial charge >= 0.3 is 0 Å². The lowest BCUT2D eigenvalue weighted by Crippen LogP contribution is -2.58. The van der Waals surface area contributed by atoms with Gasteiger partial charge in [-0.05, 0) is 49.9 Å². The molecule has 0 amide bonds. The van der Waals surface area contributed by atoms with Gasteiger partial charge in [-0.25, -0.2) is 9.98 Å². The molecule has 0 saturated heterocycles. The van der Waals surface area contributed by atoms with Gasteiger partial charge in [0.1, 0.15) is 11.2 Å². The third kappa shape index (κ3) is 3.02. The van der Waals surface area contributed by atoms with Crippen molar-refractivity contribution in [2.75, 3.05) is 4.90 Å². The van der Waals surface area contributed by atoms with Crippen molar-refractivity contribution in [2.45, 2.75) is 37.8 Å². The Bertz CT molecular complexity index is 1150. The topological polar surface area (TPSA) is 106 Å². The molecule has 1 spiro atoms. The highest BCUT2D eigenvalue weighted by Gasteiger charge is 2.42. The van der Waals surface area contributed by atoms with Gasteiger partial charge in [-0.2, -0.15) is 4.99 Å². The Kier molecular flexibility index (Phi) is 4.20. The zero-order valence-electron chi connectivity index (χ0n) is 15.8. The summed E-state index contributed by atoms with van der Waals surface area (Å²) in [7, 11) is 0. The molecule has 2 aliphatic rings. The predicted molar refractivity (Wildman–Crippen MR) is 116 cm³/mol. The molecule has 4 N–H and O–H groups in total. The summed E-state index contributed by atoms with van der Waals surface area (Å²) < 4.78 is 6.04. The first-order chi connectivity index (χ1) is 14.1. The zero-order valence-corrected chi connectivity index (χ0v) is 16.6. The average molecular weight is 409 g/mol. The number of guanidine groups is 2. The first-order valence-electron chi connectivity index (χ1n) is 9.71. The van der Waals surface area contributed by atoms with Crippen LogP contribution in [0.4, 0.5) is 5.69 Å². The molecule has 0 atom stereocenters. The van der Waals surface area contributed by atoms with Crippen molar-refractivity contribution in [1.29, 1.82) is 0 Å². The van der Waals surface area contributed by atoms with Crippen LogP contribution in [0, 0.1) is 0 Å². The lowest BCUT2D eigenvalue weighted by molar-refractivity contribution is 0.305. The molecule has 2 aromatic carbocycles. The number of hydrogen-bond acceptors (Lipinski definition) is 7. The standard InChI is InChI=1S/C21H21ClN6O/c22-15-7-3-2-6-14(15)18-25-16-9-8-13(12-17(16)29-18)28-20(24)26-19(23)27-21(28)10-4-1-5-11-21/h2-3,6-9,12H,1,4-5,10-11H2,(H4,23,24,26,27). The lowest BCUT2D eigenvalue weighted by Gasteiger charge is -2.45. The molecule has 1 aliphatic carbocycles. The summed E-state index contributed by atoms with van der Waals surface area (Å²) in [5.41, 5.74) is 14.8. The van der Waals surface area contributed by atoms with Gasteiger partial charge in [-0.15, -0.1) is 0 Å². The lowest BCUT2D eigenvalue weighted by atomic mass is 9.87. The Labute approximate surface area is 173 Å². The molecular weight excluding hydrogens is 388 g/mol. The van der Waals surface area contributed by atoms with E-state index in [0.29, 0.717) is 22.5 Å². The van der Waals surface area contributed by atoms with E-state index in [4.69, 9.17) is 32.5 Å². The van der Waals surface area contributed by atoms with E-state index in [-0.39, 0.29) is 5.96 Å². The van der Waals surface area contributed by atoms with Crippen LogP contribution >= 0.6 is 11.6 Å². The van der Waals surface area contributed by atoms with Crippen molar-refractivity contribution in [1.82, 2.24) is 4.98 Å². The molecule has 1 aromatic heterocycles. The second-order valence-electron chi connectivity index (χ2n) is 7.47. The molecular formula is C21H21ClN6O. The molecule has 3 aromatic rings. The van der Waals surface area contributed by atoms with Crippen molar-refractivity contribution in [3.63, 3.8) is 0 Å². The van der Waals surface area contributed by atoms with Crippen molar-refractivity contribution < 1.29 is 4.42 Å². The minimum absolute atomic E-state index is 0.238. The number of aromatic nitrogens is 1. The van der Waals surface area contributed by atoms with Gasteiger partial charge < -0.3 is 15.9 Å². The number of fused-ring (bicyclic) bond motifs is 1. The van der Waals surface area contributed by atoms with Crippen LogP contribution in [-0.4, -0.2) is 22.6 Å². The quantitative estimate of drug-likeness (QED) is 0.658. The SMILES string of the molecule is NC1=NC2(CCCCC2)N(c2ccc3nc(-c4ccccc4Cl)oc3c2)C(N)=N1. The van der Waals surface area contributed by atoms with Gasteiger partial charge in [0.25, 0.3) is 0 Å². The smallest absolute Gasteiger partial charge is 0.228 e. The molecule has 0 unspecified atom stereocenters. The van der Waals surface area contributed by atoms with Gasteiger partial charge in [0, 0.05) is 6.07 Å². The van der Waals surface area contributed by atoms with E-state index in [2.05, 4.69) is 9.98 Å². The second-order valence-corrected chi connectivity index (χ2v) is 7.88. The summed E-state index contributed by atoms with van der Waals surface area (Å²) in [6.07, 6.45) is 5.08. The third-order valence-corrected chi connectivity index (χ3v) is 5.92. The molecule has 0 radical (unpaired) electrons. The Morgan fingerprint density at radius 1 is 1.03 bits per heavy atom. The number of nitrogens with zero attached hydrogens (tertiary/aromatic N) is 4. The molecule has 1 aliphatic heterocycles. The van der Waals surface area contributed by atoms with Crippen LogP contribution in [-0.2, 0) is 0 Å². The third-order valence-electron chi connectivity index (χ3n) is 5.59. The van der Waals surface area contributed by atoms with Crippen molar-refractivity contribution in [3.05, 3.63) is 47.5 Å². The predicted octanol–water partition coefficient (Wildman–Crippen LogP) is 4.26. The Morgan fingerprint density at radius 2 is 1.83 bits per heavy atom. The van der Waals surface area contributed by atoms with Gasteiger partial charge in [0.05, 0.1) is 16.3 Å². The summed E-state index contributed by atoms with van der Waals surface area (Å²) in [5.74, 6) is 1.07. The van der Waals surface area contributed by atoms with E-state index in [0.717, 1.165) is 42.5 Å². The molecule has 1 fully saturated rings. The Hall–Kier alpha value is -3.06. The van der Waals surface area contributed by atoms with E-state index in [1.54, 1.807) is 0 Å². The summed E-state index contributed by atoms with van der Waals surface area (Å²) in [6.45, 7) is 0.